The summed E-state index contributed by atoms with van der Waals surface area (Å²) in [5, 5.41) is 0. The van der Waals surface area contributed by atoms with Gasteiger partial charge < -0.3 is 9.47 Å². The van der Waals surface area contributed by atoms with Gasteiger partial charge in [0.25, 0.3) is 0 Å². The van der Waals surface area contributed by atoms with E-state index in [9.17, 15) is 4.79 Å². The van der Waals surface area contributed by atoms with Crippen molar-refractivity contribution in [3.05, 3.63) is 34.9 Å². The standard InChI is InChI=1S/C17H24O3/c1-6-10-17(15(18)19-7-2)16(5,20-17)14-9-8-12(3)13(4)11-14/h8-9,11H,6-7,10H2,1-5H3. The Bertz CT molecular complexity index is 523. The number of esters is 1. The molecule has 0 aromatic heterocycles. The summed E-state index contributed by atoms with van der Waals surface area (Å²) < 4.78 is 11.2. The quantitative estimate of drug-likeness (QED) is 0.608. The van der Waals surface area contributed by atoms with Crippen LogP contribution in [0.1, 0.15) is 50.3 Å². The number of benzene rings is 1. The smallest absolute Gasteiger partial charge is 0.341 e. The van der Waals surface area contributed by atoms with Crippen molar-refractivity contribution in [2.45, 2.75) is 58.7 Å². The van der Waals surface area contributed by atoms with E-state index in [1.165, 1.54) is 11.1 Å². The van der Waals surface area contributed by atoms with E-state index in [2.05, 4.69) is 39.0 Å². The van der Waals surface area contributed by atoms with Crippen LogP contribution in [0.15, 0.2) is 18.2 Å². The van der Waals surface area contributed by atoms with Crippen LogP contribution in [0.4, 0.5) is 0 Å². The minimum absolute atomic E-state index is 0.234. The Labute approximate surface area is 121 Å². The van der Waals surface area contributed by atoms with E-state index in [0.29, 0.717) is 13.0 Å². The van der Waals surface area contributed by atoms with Gasteiger partial charge in [-0.3, -0.25) is 0 Å². The lowest BCUT2D eigenvalue weighted by atomic mass is 9.83. The maximum Gasteiger partial charge on any atom is 0.341 e. The second kappa shape index (κ2) is 5.21. The van der Waals surface area contributed by atoms with Gasteiger partial charge in [0, 0.05) is 0 Å². The highest BCUT2D eigenvalue weighted by Gasteiger charge is 2.73. The van der Waals surface area contributed by atoms with Gasteiger partial charge in [-0.05, 0) is 50.8 Å². The number of carbonyl (C=O) groups excluding carboxylic acids is 1. The third-order valence-corrected chi connectivity index (χ3v) is 4.37. The molecular formula is C17H24O3. The Morgan fingerprint density at radius 1 is 1.25 bits per heavy atom. The Morgan fingerprint density at radius 2 is 1.95 bits per heavy atom. The van der Waals surface area contributed by atoms with Crippen LogP contribution in [-0.4, -0.2) is 18.2 Å². The zero-order chi connectivity index (χ0) is 15.0. The second-order valence-corrected chi connectivity index (χ2v) is 5.73. The molecule has 1 aliphatic heterocycles. The van der Waals surface area contributed by atoms with Crippen LogP contribution in [0, 0.1) is 13.8 Å². The van der Waals surface area contributed by atoms with Crippen molar-refractivity contribution in [3.8, 4) is 0 Å². The highest BCUT2D eigenvalue weighted by Crippen LogP contribution is 2.58. The van der Waals surface area contributed by atoms with E-state index in [1.807, 2.05) is 13.8 Å². The number of epoxide rings is 1. The maximum absolute atomic E-state index is 12.3. The number of carbonyl (C=O) groups is 1. The Balaban J connectivity index is 2.35. The van der Waals surface area contributed by atoms with Crippen molar-refractivity contribution in [1.29, 1.82) is 0 Å². The Hall–Kier alpha value is -1.35. The molecule has 20 heavy (non-hydrogen) atoms. The van der Waals surface area contributed by atoms with Gasteiger partial charge in [-0.2, -0.15) is 0 Å². The normalized spacial score (nSPS) is 28.2. The van der Waals surface area contributed by atoms with Crippen molar-refractivity contribution < 1.29 is 14.3 Å². The molecule has 0 radical (unpaired) electrons. The molecule has 1 aliphatic rings. The predicted molar refractivity (Wildman–Crippen MR) is 78.6 cm³/mol. The van der Waals surface area contributed by atoms with Crippen molar-refractivity contribution in [3.63, 3.8) is 0 Å². The van der Waals surface area contributed by atoms with Gasteiger partial charge in [0.05, 0.1) is 6.61 Å². The highest BCUT2D eigenvalue weighted by molar-refractivity contribution is 5.85. The molecule has 1 heterocycles. The molecule has 110 valence electrons. The van der Waals surface area contributed by atoms with E-state index in [0.717, 1.165) is 12.0 Å². The molecule has 2 rings (SSSR count). The first-order valence-corrected chi connectivity index (χ1v) is 7.36. The molecule has 0 N–H and O–H groups in total. The van der Waals surface area contributed by atoms with E-state index in [4.69, 9.17) is 9.47 Å². The maximum atomic E-state index is 12.3. The summed E-state index contributed by atoms with van der Waals surface area (Å²) >= 11 is 0. The van der Waals surface area contributed by atoms with Gasteiger partial charge in [-0.15, -0.1) is 0 Å². The highest BCUT2D eigenvalue weighted by atomic mass is 16.7. The summed E-state index contributed by atoms with van der Waals surface area (Å²) in [6, 6.07) is 6.25. The van der Waals surface area contributed by atoms with E-state index < -0.39 is 11.2 Å². The summed E-state index contributed by atoms with van der Waals surface area (Å²) in [7, 11) is 0. The molecule has 0 bridgehead atoms. The Kier molecular flexibility index (Phi) is 3.92. The third kappa shape index (κ3) is 2.14. The van der Waals surface area contributed by atoms with Crippen molar-refractivity contribution >= 4 is 5.97 Å². The van der Waals surface area contributed by atoms with Crippen LogP contribution in [0.3, 0.4) is 0 Å². The van der Waals surface area contributed by atoms with Gasteiger partial charge in [-0.25, -0.2) is 4.79 Å². The SMILES string of the molecule is CCCC1(C(=O)OCC)OC1(C)c1ccc(C)c(C)c1. The first-order valence-electron chi connectivity index (χ1n) is 7.36. The lowest BCUT2D eigenvalue weighted by molar-refractivity contribution is -0.149. The van der Waals surface area contributed by atoms with Crippen LogP contribution in [0.5, 0.6) is 0 Å². The molecular weight excluding hydrogens is 252 g/mol. The van der Waals surface area contributed by atoms with Gasteiger partial charge in [0.2, 0.25) is 0 Å². The molecule has 3 nitrogen and oxygen atoms in total. The summed E-state index contributed by atoms with van der Waals surface area (Å²) in [6.45, 7) is 10.4. The first-order chi connectivity index (χ1) is 9.41. The molecule has 0 saturated carbocycles. The predicted octanol–water partition coefficient (Wildman–Crippen LogP) is 3.65. The van der Waals surface area contributed by atoms with Crippen molar-refractivity contribution in [1.82, 2.24) is 0 Å². The molecule has 1 aromatic rings. The zero-order valence-corrected chi connectivity index (χ0v) is 13.1. The number of hydrogen-bond acceptors (Lipinski definition) is 3. The molecule has 2 unspecified atom stereocenters. The summed E-state index contributed by atoms with van der Waals surface area (Å²) in [4.78, 5) is 12.3. The number of rotatable bonds is 5. The van der Waals surface area contributed by atoms with E-state index >= 15 is 0 Å². The second-order valence-electron chi connectivity index (χ2n) is 5.73. The molecule has 0 spiro atoms. The van der Waals surface area contributed by atoms with Crippen LogP contribution in [0.25, 0.3) is 0 Å². The van der Waals surface area contributed by atoms with E-state index in [1.54, 1.807) is 0 Å². The van der Waals surface area contributed by atoms with Crippen molar-refractivity contribution in [2.24, 2.45) is 0 Å². The molecule has 1 fully saturated rings. The van der Waals surface area contributed by atoms with Gasteiger partial charge in [0.1, 0.15) is 5.60 Å². The summed E-state index contributed by atoms with van der Waals surface area (Å²) in [5.74, 6) is -0.234. The van der Waals surface area contributed by atoms with Crippen LogP contribution < -0.4 is 0 Å². The molecule has 2 atom stereocenters. The number of ether oxygens (including phenoxy) is 2. The Morgan fingerprint density at radius 3 is 2.50 bits per heavy atom. The number of aryl methyl sites for hydroxylation is 2. The van der Waals surface area contributed by atoms with Gasteiger partial charge in [-0.1, -0.05) is 31.5 Å². The minimum atomic E-state index is -0.806. The fourth-order valence-electron chi connectivity index (χ4n) is 2.88. The fraction of sp³-hybridized carbons (Fsp3) is 0.588. The molecule has 3 heteroatoms. The fourth-order valence-corrected chi connectivity index (χ4v) is 2.88. The number of hydrogen-bond donors (Lipinski definition) is 0. The van der Waals surface area contributed by atoms with Gasteiger partial charge in [0.15, 0.2) is 5.60 Å². The monoisotopic (exact) mass is 276 g/mol. The summed E-state index contributed by atoms with van der Waals surface area (Å²) in [6.07, 6.45) is 1.58. The first kappa shape index (κ1) is 15.0. The average Bonchev–Trinajstić information content (AvgIpc) is 3.01. The molecule has 0 amide bonds. The largest absolute Gasteiger partial charge is 0.464 e. The van der Waals surface area contributed by atoms with Gasteiger partial charge >= 0.3 is 5.97 Å². The van der Waals surface area contributed by atoms with Crippen LogP contribution in [0.2, 0.25) is 0 Å². The van der Waals surface area contributed by atoms with Crippen LogP contribution in [-0.2, 0) is 19.9 Å². The average molecular weight is 276 g/mol. The molecule has 0 aliphatic carbocycles. The lowest BCUT2D eigenvalue weighted by Gasteiger charge is -2.16. The molecule has 1 saturated heterocycles. The lowest BCUT2D eigenvalue weighted by Crippen LogP contribution is -2.33. The third-order valence-electron chi connectivity index (χ3n) is 4.37. The van der Waals surface area contributed by atoms with E-state index in [-0.39, 0.29) is 5.97 Å². The summed E-state index contributed by atoms with van der Waals surface area (Å²) in [5.41, 5.74) is 2.15. The topological polar surface area (TPSA) is 38.8 Å². The van der Waals surface area contributed by atoms with Crippen molar-refractivity contribution in [2.75, 3.05) is 6.61 Å². The van der Waals surface area contributed by atoms with Crippen LogP contribution >= 0.6 is 0 Å². The minimum Gasteiger partial charge on any atom is -0.464 e. The molecule has 1 aromatic carbocycles. The zero-order valence-electron chi connectivity index (χ0n) is 13.1.